The zero-order valence-corrected chi connectivity index (χ0v) is 12.9. The Balaban J connectivity index is 1.37. The van der Waals surface area contributed by atoms with Crippen LogP contribution >= 0.6 is 0 Å². The minimum Gasteiger partial charge on any atom is -0.435 e. The minimum atomic E-state index is -0.339. The van der Waals surface area contributed by atoms with Crippen LogP contribution in [0.4, 0.5) is 0 Å². The summed E-state index contributed by atoms with van der Waals surface area (Å²) in [4.78, 5) is 11.4. The van der Waals surface area contributed by atoms with E-state index in [0.717, 1.165) is 35.5 Å². The third kappa shape index (κ3) is 2.25. The van der Waals surface area contributed by atoms with Crippen LogP contribution in [0.5, 0.6) is 0 Å². The van der Waals surface area contributed by atoms with Gasteiger partial charge in [0.1, 0.15) is 0 Å². The van der Waals surface area contributed by atoms with E-state index < -0.39 is 0 Å². The second-order valence-electron chi connectivity index (χ2n) is 7.85. The zero-order chi connectivity index (χ0) is 14.6. The van der Waals surface area contributed by atoms with Gasteiger partial charge < -0.3 is 9.47 Å². The molecule has 0 spiro atoms. The fraction of sp³-hybridized carbons (Fsp3) is 0.833. The Labute approximate surface area is 127 Å². The highest BCUT2D eigenvalue weighted by Gasteiger charge is 2.57. The lowest BCUT2D eigenvalue weighted by molar-refractivity contribution is -0.159. The van der Waals surface area contributed by atoms with Gasteiger partial charge >= 0.3 is 5.97 Å². The number of hydrogen-bond acceptors (Lipinski definition) is 3. The Bertz CT molecular complexity index is 457. The molecule has 7 unspecified atom stereocenters. The van der Waals surface area contributed by atoms with Gasteiger partial charge in [-0.2, -0.15) is 0 Å². The highest BCUT2D eigenvalue weighted by atomic mass is 16.7. The van der Waals surface area contributed by atoms with Crippen LogP contribution in [0.3, 0.4) is 0 Å². The van der Waals surface area contributed by atoms with Crippen molar-refractivity contribution in [1.82, 2.24) is 0 Å². The molecule has 0 aromatic rings. The molecule has 4 aliphatic rings. The Kier molecular flexibility index (Phi) is 3.36. The van der Waals surface area contributed by atoms with E-state index >= 15 is 0 Å². The first-order valence-electron chi connectivity index (χ1n) is 8.57. The predicted octanol–water partition coefficient (Wildman–Crippen LogP) is 3.54. The molecule has 116 valence electrons. The fourth-order valence-corrected chi connectivity index (χ4v) is 6.08. The van der Waals surface area contributed by atoms with Crippen LogP contribution in [-0.2, 0) is 14.3 Å². The van der Waals surface area contributed by atoms with Crippen molar-refractivity contribution in [3.8, 4) is 0 Å². The summed E-state index contributed by atoms with van der Waals surface area (Å²) in [6.07, 6.45) is 8.70. The molecule has 3 heteroatoms. The van der Waals surface area contributed by atoms with Gasteiger partial charge in [0.05, 0.1) is 6.10 Å². The third-order valence-corrected chi connectivity index (χ3v) is 6.73. The molecule has 3 nitrogen and oxygen atoms in total. The van der Waals surface area contributed by atoms with E-state index in [2.05, 4.69) is 6.58 Å². The molecule has 21 heavy (non-hydrogen) atoms. The van der Waals surface area contributed by atoms with Gasteiger partial charge in [0.25, 0.3) is 0 Å². The average molecular weight is 290 g/mol. The molecule has 4 aliphatic carbocycles. The van der Waals surface area contributed by atoms with Crippen molar-refractivity contribution in [2.45, 2.75) is 51.6 Å². The highest BCUT2D eigenvalue weighted by molar-refractivity contribution is 5.86. The van der Waals surface area contributed by atoms with Crippen LogP contribution in [0.2, 0.25) is 0 Å². The summed E-state index contributed by atoms with van der Waals surface area (Å²) in [7, 11) is 0. The van der Waals surface area contributed by atoms with Gasteiger partial charge in [-0.1, -0.05) is 6.58 Å². The summed E-state index contributed by atoms with van der Waals surface area (Å²) in [6, 6.07) is 0. The first-order valence-corrected chi connectivity index (χ1v) is 8.57. The van der Waals surface area contributed by atoms with E-state index in [4.69, 9.17) is 9.47 Å². The molecule has 4 bridgehead atoms. The number of carbonyl (C=O) groups excluding carboxylic acids is 1. The van der Waals surface area contributed by atoms with Crippen LogP contribution in [0.1, 0.15) is 45.4 Å². The summed E-state index contributed by atoms with van der Waals surface area (Å²) in [5.41, 5.74) is 0.442. The van der Waals surface area contributed by atoms with E-state index in [1.54, 1.807) is 6.92 Å². The van der Waals surface area contributed by atoms with E-state index in [1.165, 1.54) is 38.5 Å². The highest BCUT2D eigenvalue weighted by Crippen LogP contribution is 2.63. The average Bonchev–Trinajstić information content (AvgIpc) is 3.14. The summed E-state index contributed by atoms with van der Waals surface area (Å²) in [6.45, 7) is 5.37. The van der Waals surface area contributed by atoms with Crippen LogP contribution < -0.4 is 0 Å². The van der Waals surface area contributed by atoms with E-state index in [9.17, 15) is 4.79 Å². The Morgan fingerprint density at radius 1 is 1.10 bits per heavy atom. The second kappa shape index (κ2) is 5.12. The maximum atomic E-state index is 11.4. The van der Waals surface area contributed by atoms with Gasteiger partial charge in [-0.05, 0) is 81.0 Å². The van der Waals surface area contributed by atoms with Crippen molar-refractivity contribution in [2.24, 2.45) is 35.5 Å². The van der Waals surface area contributed by atoms with Crippen molar-refractivity contribution in [2.75, 3.05) is 6.79 Å². The van der Waals surface area contributed by atoms with Gasteiger partial charge in [-0.15, -0.1) is 0 Å². The van der Waals surface area contributed by atoms with Crippen molar-refractivity contribution >= 4 is 5.97 Å². The number of esters is 1. The second-order valence-corrected chi connectivity index (χ2v) is 7.85. The first kappa shape index (κ1) is 13.8. The number of rotatable bonds is 4. The zero-order valence-electron chi connectivity index (χ0n) is 12.9. The molecule has 0 heterocycles. The van der Waals surface area contributed by atoms with Gasteiger partial charge in [0.15, 0.2) is 6.79 Å². The Hall–Kier alpha value is -0.830. The Morgan fingerprint density at radius 2 is 1.86 bits per heavy atom. The molecule has 0 aromatic carbocycles. The maximum absolute atomic E-state index is 11.4. The molecular formula is C18H26O3. The smallest absolute Gasteiger partial charge is 0.335 e. The SMILES string of the molecule is C=C(C)C(=O)OCOC1CC2CC3C4CCC(C4)C3C1C2. The molecule has 0 saturated heterocycles. The van der Waals surface area contributed by atoms with Gasteiger partial charge in [0, 0.05) is 5.57 Å². The maximum Gasteiger partial charge on any atom is 0.335 e. The molecule has 4 rings (SSSR count). The molecule has 0 N–H and O–H groups in total. The van der Waals surface area contributed by atoms with Crippen LogP contribution in [0.15, 0.2) is 12.2 Å². The number of ether oxygens (including phenoxy) is 2. The van der Waals surface area contributed by atoms with Gasteiger partial charge in [-0.3, -0.25) is 0 Å². The Morgan fingerprint density at radius 3 is 2.67 bits per heavy atom. The molecular weight excluding hydrogens is 264 g/mol. The van der Waals surface area contributed by atoms with Crippen molar-refractivity contribution in [3.05, 3.63) is 12.2 Å². The van der Waals surface area contributed by atoms with Crippen molar-refractivity contribution in [3.63, 3.8) is 0 Å². The van der Waals surface area contributed by atoms with Crippen molar-refractivity contribution < 1.29 is 14.3 Å². The summed E-state index contributed by atoms with van der Waals surface area (Å²) < 4.78 is 11.1. The lowest BCUT2D eigenvalue weighted by Crippen LogP contribution is -2.36. The molecule has 0 aromatic heterocycles. The molecule has 7 atom stereocenters. The first-order chi connectivity index (χ1) is 10.1. The monoisotopic (exact) mass is 290 g/mol. The number of fused-ring (bicyclic) bond motifs is 8. The summed E-state index contributed by atoms with van der Waals surface area (Å²) in [5, 5.41) is 0. The van der Waals surface area contributed by atoms with Crippen LogP contribution in [0.25, 0.3) is 0 Å². The van der Waals surface area contributed by atoms with E-state index in [-0.39, 0.29) is 12.8 Å². The predicted molar refractivity (Wildman–Crippen MR) is 79.3 cm³/mol. The normalized spacial score (nSPS) is 46.4. The van der Waals surface area contributed by atoms with Gasteiger partial charge in [-0.25, -0.2) is 4.79 Å². The van der Waals surface area contributed by atoms with Crippen LogP contribution in [0, 0.1) is 35.5 Å². The molecule has 0 radical (unpaired) electrons. The minimum absolute atomic E-state index is 0.102. The third-order valence-electron chi connectivity index (χ3n) is 6.73. The van der Waals surface area contributed by atoms with Crippen molar-refractivity contribution in [1.29, 1.82) is 0 Å². The van der Waals surface area contributed by atoms with E-state index in [0.29, 0.717) is 11.7 Å². The van der Waals surface area contributed by atoms with Gasteiger partial charge in [0.2, 0.25) is 0 Å². The van der Waals surface area contributed by atoms with Crippen LogP contribution in [-0.4, -0.2) is 18.9 Å². The largest absolute Gasteiger partial charge is 0.435 e. The molecule has 0 aliphatic heterocycles. The molecule has 4 saturated carbocycles. The number of hydrogen-bond donors (Lipinski definition) is 0. The van der Waals surface area contributed by atoms with E-state index in [1.807, 2.05) is 0 Å². The lowest BCUT2D eigenvalue weighted by atomic mass is 9.65. The lowest BCUT2D eigenvalue weighted by Gasteiger charge is -2.40. The summed E-state index contributed by atoms with van der Waals surface area (Å²) in [5.74, 6) is 5.13. The summed E-state index contributed by atoms with van der Waals surface area (Å²) >= 11 is 0. The number of carbonyl (C=O) groups is 1. The topological polar surface area (TPSA) is 35.5 Å². The standard InChI is InChI=1S/C18H26O3/c1-10(2)18(19)21-9-20-16-7-11-5-14-12-3-4-13(8-12)17(14)15(16)6-11/h11-17H,1,3-9H2,2H3. The fourth-order valence-electron chi connectivity index (χ4n) is 6.08. The molecule has 0 amide bonds. The molecule has 4 fully saturated rings. The quantitative estimate of drug-likeness (QED) is 0.451.